The lowest BCUT2D eigenvalue weighted by Crippen LogP contribution is -2.38. The highest BCUT2D eigenvalue weighted by atomic mass is 32.1. The molecule has 1 N–H and O–H groups in total. The Morgan fingerprint density at radius 2 is 1.80 bits per heavy atom. The van der Waals surface area contributed by atoms with Gasteiger partial charge in [-0.1, -0.05) is 28.6 Å². The molecule has 7 rings (SSSR count). The largest absolute Gasteiger partial charge is 0.573 e. The van der Waals surface area contributed by atoms with Crippen LogP contribution >= 0.6 is 11.3 Å². The monoisotopic (exact) mass is 636 g/mol. The number of ether oxygens (including phenoxy) is 3. The van der Waals surface area contributed by atoms with Gasteiger partial charge in [-0.25, -0.2) is 13.6 Å². The van der Waals surface area contributed by atoms with Crippen LogP contribution in [0.25, 0.3) is 21.5 Å². The fraction of sp³-hybridized carbons (Fsp3) is 0.433. The number of carboxylic acids is 1. The second-order valence-corrected chi connectivity index (χ2v) is 12.5. The van der Waals surface area contributed by atoms with Crippen molar-refractivity contribution in [2.45, 2.75) is 69.6 Å². The molecule has 4 aromatic rings. The minimum absolute atomic E-state index is 0.104. The molecule has 2 aromatic heterocycles. The quantitative estimate of drug-likeness (QED) is 0.185. The number of benzene rings is 2. The summed E-state index contributed by atoms with van der Waals surface area (Å²) < 4.78 is 90.6. The van der Waals surface area contributed by atoms with Gasteiger partial charge in [0.05, 0.1) is 23.0 Å². The molecule has 3 aliphatic carbocycles. The van der Waals surface area contributed by atoms with Crippen molar-refractivity contribution in [3.05, 3.63) is 58.9 Å². The molecule has 0 radical (unpaired) electrons. The molecular weight excluding hydrogens is 611 g/mol. The molecule has 44 heavy (non-hydrogen) atoms. The Kier molecular flexibility index (Phi) is 7.23. The zero-order valence-electron chi connectivity index (χ0n) is 22.9. The molecule has 2 heterocycles. The summed E-state index contributed by atoms with van der Waals surface area (Å²) in [5.74, 6) is -3.76. The second-order valence-electron chi connectivity index (χ2n) is 11.5. The summed E-state index contributed by atoms with van der Waals surface area (Å²) in [5, 5.41) is 13.5. The molecule has 0 spiro atoms. The number of carbonyl (C=O) groups is 1. The van der Waals surface area contributed by atoms with Crippen LogP contribution in [0.1, 0.15) is 66.1 Å². The van der Waals surface area contributed by atoms with Crippen molar-refractivity contribution >= 4 is 27.5 Å². The lowest BCUT2D eigenvalue weighted by Gasteiger charge is -2.34. The topological polar surface area (TPSA) is 104 Å². The summed E-state index contributed by atoms with van der Waals surface area (Å²) in [7, 11) is 0. The van der Waals surface area contributed by atoms with Crippen molar-refractivity contribution in [1.29, 1.82) is 0 Å². The van der Waals surface area contributed by atoms with Crippen LogP contribution in [0.3, 0.4) is 0 Å². The van der Waals surface area contributed by atoms with Crippen LogP contribution in [-0.2, 0) is 11.3 Å². The molecular formula is C30H25F5N2O6S. The first-order chi connectivity index (χ1) is 21.1. The molecule has 3 fully saturated rings. The van der Waals surface area contributed by atoms with Crippen molar-refractivity contribution < 1.29 is 50.6 Å². The van der Waals surface area contributed by atoms with E-state index in [4.69, 9.17) is 14.0 Å². The highest BCUT2D eigenvalue weighted by molar-refractivity contribution is 7.20. The van der Waals surface area contributed by atoms with Gasteiger partial charge >= 0.3 is 12.3 Å². The van der Waals surface area contributed by atoms with Crippen molar-refractivity contribution in [1.82, 2.24) is 10.1 Å². The number of alkyl halides is 3. The van der Waals surface area contributed by atoms with E-state index >= 15 is 0 Å². The summed E-state index contributed by atoms with van der Waals surface area (Å²) in [6.45, 7) is 0.106. The van der Waals surface area contributed by atoms with Crippen LogP contribution in [0.5, 0.6) is 10.9 Å². The number of hydrogen-bond acceptors (Lipinski definition) is 8. The van der Waals surface area contributed by atoms with E-state index in [1.807, 2.05) is 0 Å². The number of hydrogen-bond donors (Lipinski definition) is 1. The maximum absolute atomic E-state index is 14.5. The smallest absolute Gasteiger partial charge is 0.478 e. The Morgan fingerprint density at radius 1 is 1.07 bits per heavy atom. The van der Waals surface area contributed by atoms with E-state index in [9.17, 15) is 31.9 Å². The number of aromatic carboxylic acids is 1. The fourth-order valence-corrected chi connectivity index (χ4v) is 7.36. The van der Waals surface area contributed by atoms with Crippen LogP contribution in [0, 0.1) is 23.5 Å². The number of thiazole rings is 1. The average Bonchev–Trinajstić information content (AvgIpc) is 3.53. The lowest BCUT2D eigenvalue weighted by molar-refractivity contribution is -0.274. The number of para-hydroxylation sites is 1. The average molecular weight is 637 g/mol. The van der Waals surface area contributed by atoms with E-state index in [1.165, 1.54) is 18.2 Å². The van der Waals surface area contributed by atoms with Gasteiger partial charge in [-0.3, -0.25) is 0 Å². The van der Waals surface area contributed by atoms with Gasteiger partial charge in [0, 0.05) is 17.0 Å². The first-order valence-electron chi connectivity index (χ1n) is 14.2. The summed E-state index contributed by atoms with van der Waals surface area (Å²) in [4.78, 5) is 15.4. The van der Waals surface area contributed by atoms with E-state index < -0.39 is 29.5 Å². The van der Waals surface area contributed by atoms with E-state index in [0.29, 0.717) is 24.2 Å². The zero-order valence-corrected chi connectivity index (χ0v) is 23.7. The summed E-state index contributed by atoms with van der Waals surface area (Å²) in [6.07, 6.45) is -0.376. The highest BCUT2D eigenvalue weighted by Crippen LogP contribution is 2.48. The molecule has 3 aliphatic rings. The normalized spacial score (nSPS) is 23.3. The molecule has 2 unspecified atom stereocenters. The molecule has 3 saturated carbocycles. The molecule has 0 amide bonds. The Morgan fingerprint density at radius 3 is 2.48 bits per heavy atom. The summed E-state index contributed by atoms with van der Waals surface area (Å²) >= 11 is 0.968. The molecule has 2 bridgehead atoms. The summed E-state index contributed by atoms with van der Waals surface area (Å²) in [6, 6.07) is 6.86. The number of carboxylic acid groups (broad SMARTS) is 1. The third kappa shape index (κ3) is 5.49. The third-order valence-electron chi connectivity index (χ3n) is 8.58. The van der Waals surface area contributed by atoms with Gasteiger partial charge in [-0.2, -0.15) is 4.98 Å². The Labute approximate surface area is 250 Å². The molecule has 2 aromatic carbocycles. The predicted octanol–water partition coefficient (Wildman–Crippen LogP) is 7.86. The standard InChI is InChI=1S/C30H25F5N2O6S/c31-22-18(28(38)39)11-21-25(23(22)32)36-29(44-21)41-26-14-7-8-15(26)10-16(9-14)40-12-19-24(37-43-27(19)13-5-6-13)17-3-1-2-4-20(17)42-30(33,34)35/h1-4,11,13-16,26H,5-10,12H2,(H,38,39). The lowest BCUT2D eigenvalue weighted by atomic mass is 9.84. The van der Waals surface area contributed by atoms with Gasteiger partial charge in [0.1, 0.15) is 28.8 Å². The number of nitrogens with zero attached hydrogens (tertiary/aromatic N) is 2. The number of halogens is 5. The predicted molar refractivity (Wildman–Crippen MR) is 146 cm³/mol. The zero-order chi connectivity index (χ0) is 30.7. The van der Waals surface area contributed by atoms with Crippen LogP contribution in [0.4, 0.5) is 22.0 Å². The highest BCUT2D eigenvalue weighted by Gasteiger charge is 2.45. The third-order valence-corrected chi connectivity index (χ3v) is 9.47. The van der Waals surface area contributed by atoms with Gasteiger partial charge in [0.2, 0.25) is 0 Å². The Bertz CT molecular complexity index is 1720. The number of fused-ring (bicyclic) bond motifs is 3. The van der Waals surface area contributed by atoms with Crippen LogP contribution < -0.4 is 9.47 Å². The maximum atomic E-state index is 14.5. The molecule has 14 heteroatoms. The van der Waals surface area contributed by atoms with Crippen molar-refractivity contribution in [2.75, 3.05) is 0 Å². The van der Waals surface area contributed by atoms with E-state index in [-0.39, 0.29) is 69.0 Å². The molecule has 0 saturated heterocycles. The SMILES string of the molecule is O=C(O)c1cc2sc(OC3C4CCC3CC(OCc3c(-c5ccccc5OC(F)(F)F)noc3C3CC3)C4)nc2c(F)c1F. The van der Waals surface area contributed by atoms with Gasteiger partial charge in [-0.05, 0) is 68.6 Å². The van der Waals surface area contributed by atoms with Gasteiger partial charge in [0.15, 0.2) is 11.6 Å². The van der Waals surface area contributed by atoms with E-state index in [0.717, 1.165) is 43.1 Å². The molecule has 232 valence electrons. The minimum atomic E-state index is -4.87. The van der Waals surface area contributed by atoms with Crippen molar-refractivity contribution in [2.24, 2.45) is 11.8 Å². The Hall–Kier alpha value is -3.78. The van der Waals surface area contributed by atoms with E-state index in [1.54, 1.807) is 6.07 Å². The van der Waals surface area contributed by atoms with Gasteiger partial charge in [0.25, 0.3) is 5.19 Å². The van der Waals surface area contributed by atoms with Crippen molar-refractivity contribution in [3.63, 3.8) is 0 Å². The summed E-state index contributed by atoms with van der Waals surface area (Å²) in [5.41, 5.74) is 0.00673. The van der Waals surface area contributed by atoms with Gasteiger partial charge in [-0.15, -0.1) is 13.2 Å². The first-order valence-corrected chi connectivity index (χ1v) is 15.0. The van der Waals surface area contributed by atoms with Crippen LogP contribution in [0.2, 0.25) is 0 Å². The van der Waals surface area contributed by atoms with Crippen LogP contribution in [0.15, 0.2) is 34.9 Å². The van der Waals surface area contributed by atoms with Crippen molar-refractivity contribution in [3.8, 4) is 22.2 Å². The molecule has 0 aliphatic heterocycles. The minimum Gasteiger partial charge on any atom is -0.478 e. The number of aromatic nitrogens is 2. The second kappa shape index (κ2) is 11.0. The molecule has 2 atom stereocenters. The van der Waals surface area contributed by atoms with E-state index in [2.05, 4.69) is 14.9 Å². The van der Waals surface area contributed by atoms with Gasteiger partial charge < -0.3 is 23.8 Å². The fourth-order valence-electron chi connectivity index (χ4n) is 6.47. The number of rotatable bonds is 9. The van der Waals surface area contributed by atoms with Crippen LogP contribution in [-0.4, -0.2) is 39.8 Å². The first kappa shape index (κ1) is 29.0. The molecule has 8 nitrogen and oxygen atoms in total. The Balaban J connectivity index is 1.06. The maximum Gasteiger partial charge on any atom is 0.573 e.